The molecule has 0 spiro atoms. The molecule has 1 aromatic rings. The molecule has 0 bridgehead atoms. The second-order valence-electron chi connectivity index (χ2n) is 3.98. The number of hydrogen-bond acceptors (Lipinski definition) is 6. The van der Waals surface area contributed by atoms with E-state index in [1.54, 1.807) is 6.07 Å². The van der Waals surface area contributed by atoms with Crippen molar-refractivity contribution in [1.29, 1.82) is 0 Å². The summed E-state index contributed by atoms with van der Waals surface area (Å²) in [4.78, 5) is 10.0. The Morgan fingerprint density at radius 1 is 1.37 bits per heavy atom. The second-order valence-corrected chi connectivity index (χ2v) is 5.81. The zero-order chi connectivity index (χ0) is 14.5. The number of nitro groups is 1. The Morgan fingerprint density at radius 2 is 2.05 bits per heavy atom. The number of nitrogen functional groups attached to an aromatic ring is 1. The quantitative estimate of drug-likeness (QED) is 0.290. The van der Waals surface area contributed by atoms with Crippen LogP contribution in [0.4, 0.5) is 17.1 Å². The molecule has 0 heterocycles. The van der Waals surface area contributed by atoms with Crippen LogP contribution in [0.15, 0.2) is 18.2 Å². The summed E-state index contributed by atoms with van der Waals surface area (Å²) in [6, 6.07) is 4.35. The van der Waals surface area contributed by atoms with Gasteiger partial charge in [-0.25, -0.2) is 13.1 Å². The van der Waals surface area contributed by atoms with Gasteiger partial charge < -0.3 is 11.1 Å². The molecular weight excluding hydrogens is 272 g/mol. The Labute approximate surface area is 111 Å². The van der Waals surface area contributed by atoms with Crippen molar-refractivity contribution in [2.75, 3.05) is 30.4 Å². The van der Waals surface area contributed by atoms with Crippen LogP contribution in [-0.2, 0) is 10.0 Å². The van der Waals surface area contributed by atoms with Gasteiger partial charge in [-0.1, -0.05) is 0 Å². The summed E-state index contributed by atoms with van der Waals surface area (Å²) >= 11 is 0. The highest BCUT2D eigenvalue weighted by atomic mass is 32.2. The second kappa shape index (κ2) is 6.34. The number of anilines is 2. The van der Waals surface area contributed by atoms with Gasteiger partial charge in [0.2, 0.25) is 10.0 Å². The summed E-state index contributed by atoms with van der Waals surface area (Å²) in [5.41, 5.74) is 6.14. The van der Waals surface area contributed by atoms with Crippen LogP contribution >= 0.6 is 0 Å². The van der Waals surface area contributed by atoms with Crippen LogP contribution in [0.1, 0.15) is 6.42 Å². The molecule has 1 aromatic carbocycles. The minimum Gasteiger partial charge on any atom is -0.393 e. The summed E-state index contributed by atoms with van der Waals surface area (Å²) < 4.78 is 24.0. The van der Waals surface area contributed by atoms with Gasteiger partial charge in [-0.3, -0.25) is 10.1 Å². The highest BCUT2D eigenvalue weighted by Crippen LogP contribution is 2.24. The van der Waals surface area contributed by atoms with Gasteiger partial charge in [0.15, 0.2) is 0 Å². The normalized spacial score (nSPS) is 11.2. The van der Waals surface area contributed by atoms with Crippen molar-refractivity contribution in [3.05, 3.63) is 28.3 Å². The molecule has 0 fully saturated rings. The molecule has 106 valence electrons. The van der Waals surface area contributed by atoms with Gasteiger partial charge in [0.1, 0.15) is 5.69 Å². The van der Waals surface area contributed by atoms with Gasteiger partial charge in [0.05, 0.1) is 11.2 Å². The van der Waals surface area contributed by atoms with E-state index in [4.69, 9.17) is 5.73 Å². The van der Waals surface area contributed by atoms with Crippen molar-refractivity contribution in [2.24, 2.45) is 0 Å². The molecule has 0 aliphatic carbocycles. The predicted molar refractivity (Wildman–Crippen MR) is 73.5 cm³/mol. The van der Waals surface area contributed by atoms with E-state index in [1.165, 1.54) is 12.1 Å². The first-order valence-corrected chi connectivity index (χ1v) is 7.41. The molecule has 0 saturated heterocycles. The third-order valence-corrected chi connectivity index (χ3v) is 3.00. The van der Waals surface area contributed by atoms with Gasteiger partial charge >= 0.3 is 0 Å². The minimum atomic E-state index is -3.16. The predicted octanol–water partition coefficient (Wildman–Crippen LogP) is 0.528. The van der Waals surface area contributed by atoms with Gasteiger partial charge in [-0.05, 0) is 18.6 Å². The Morgan fingerprint density at radius 3 is 2.58 bits per heavy atom. The molecule has 0 amide bonds. The summed E-state index contributed by atoms with van der Waals surface area (Å²) in [6.45, 7) is 0.855. The van der Waals surface area contributed by atoms with Gasteiger partial charge in [0.25, 0.3) is 5.69 Å². The third-order valence-electron chi connectivity index (χ3n) is 2.27. The Kier molecular flexibility index (Phi) is 5.07. The maximum Gasteiger partial charge on any atom is 0.292 e. The van der Waals surface area contributed by atoms with E-state index < -0.39 is 14.9 Å². The summed E-state index contributed by atoms with van der Waals surface area (Å²) in [5, 5.41) is 13.6. The zero-order valence-corrected chi connectivity index (χ0v) is 11.2. The standard InChI is InChI=1S/C10H16N4O4S/c1-19(17,18)13-6-2-5-12-8-3-4-10(14(15)16)9(11)7-8/h3-4,7,12-13H,2,5-6,11H2,1H3. The average Bonchev–Trinajstić information content (AvgIpc) is 2.26. The van der Waals surface area contributed by atoms with Crippen molar-refractivity contribution in [2.45, 2.75) is 6.42 Å². The van der Waals surface area contributed by atoms with E-state index in [1.807, 2.05) is 0 Å². The summed E-state index contributed by atoms with van der Waals surface area (Å²) in [5.74, 6) is 0. The fraction of sp³-hybridized carbons (Fsp3) is 0.400. The van der Waals surface area contributed by atoms with Crippen LogP contribution in [0.5, 0.6) is 0 Å². The number of nitrogens with two attached hydrogens (primary N) is 1. The van der Waals surface area contributed by atoms with Crippen LogP contribution in [0, 0.1) is 10.1 Å². The molecular formula is C10H16N4O4S. The van der Waals surface area contributed by atoms with Gasteiger partial charge in [-0.2, -0.15) is 0 Å². The van der Waals surface area contributed by atoms with E-state index >= 15 is 0 Å². The molecule has 0 saturated carbocycles. The molecule has 0 atom stereocenters. The molecule has 8 nitrogen and oxygen atoms in total. The lowest BCUT2D eigenvalue weighted by atomic mass is 10.2. The lowest BCUT2D eigenvalue weighted by molar-refractivity contribution is -0.383. The Balaban J connectivity index is 2.42. The van der Waals surface area contributed by atoms with E-state index in [9.17, 15) is 18.5 Å². The molecule has 9 heteroatoms. The first kappa shape index (κ1) is 15.2. The minimum absolute atomic E-state index is 0.0873. The van der Waals surface area contributed by atoms with Crippen LogP contribution in [-0.4, -0.2) is 32.7 Å². The SMILES string of the molecule is CS(=O)(=O)NCCCNc1ccc([N+](=O)[O-])c(N)c1. The number of nitrogens with one attached hydrogen (secondary N) is 2. The zero-order valence-electron chi connectivity index (χ0n) is 10.4. The number of benzene rings is 1. The molecule has 0 aliphatic rings. The highest BCUT2D eigenvalue weighted by Gasteiger charge is 2.10. The van der Waals surface area contributed by atoms with E-state index in [0.717, 1.165) is 6.26 Å². The van der Waals surface area contributed by atoms with Gasteiger partial charge in [-0.15, -0.1) is 0 Å². The number of hydrogen-bond donors (Lipinski definition) is 3. The van der Waals surface area contributed by atoms with Crippen LogP contribution in [0.3, 0.4) is 0 Å². The van der Waals surface area contributed by atoms with Crippen molar-refractivity contribution >= 4 is 27.1 Å². The highest BCUT2D eigenvalue weighted by molar-refractivity contribution is 7.88. The summed E-state index contributed by atoms with van der Waals surface area (Å²) in [6.07, 6.45) is 1.68. The maximum absolute atomic E-state index is 10.8. The number of nitrogens with zero attached hydrogens (tertiary/aromatic N) is 1. The molecule has 0 unspecified atom stereocenters. The topological polar surface area (TPSA) is 127 Å². The lowest BCUT2D eigenvalue weighted by Gasteiger charge is -2.07. The van der Waals surface area contributed by atoms with Crippen molar-refractivity contribution in [3.63, 3.8) is 0 Å². The van der Waals surface area contributed by atoms with E-state index in [2.05, 4.69) is 10.0 Å². The maximum atomic E-state index is 10.8. The Bertz CT molecular complexity index is 559. The number of nitro benzene ring substituents is 1. The monoisotopic (exact) mass is 288 g/mol. The van der Waals surface area contributed by atoms with Crippen molar-refractivity contribution in [1.82, 2.24) is 4.72 Å². The molecule has 1 rings (SSSR count). The molecule has 0 aliphatic heterocycles. The fourth-order valence-corrected chi connectivity index (χ4v) is 1.92. The van der Waals surface area contributed by atoms with E-state index in [0.29, 0.717) is 25.2 Å². The summed E-state index contributed by atoms with van der Waals surface area (Å²) in [7, 11) is -3.16. The Hall–Kier alpha value is -1.87. The fourth-order valence-electron chi connectivity index (χ4n) is 1.41. The number of sulfonamides is 1. The molecule has 4 N–H and O–H groups in total. The van der Waals surface area contributed by atoms with Crippen LogP contribution < -0.4 is 15.8 Å². The lowest BCUT2D eigenvalue weighted by Crippen LogP contribution is -2.24. The average molecular weight is 288 g/mol. The van der Waals surface area contributed by atoms with Crippen LogP contribution in [0.25, 0.3) is 0 Å². The van der Waals surface area contributed by atoms with Gasteiger partial charge in [0, 0.05) is 24.8 Å². The van der Waals surface area contributed by atoms with Crippen molar-refractivity contribution < 1.29 is 13.3 Å². The largest absolute Gasteiger partial charge is 0.393 e. The molecule has 19 heavy (non-hydrogen) atoms. The van der Waals surface area contributed by atoms with Crippen molar-refractivity contribution in [3.8, 4) is 0 Å². The molecule has 0 aromatic heterocycles. The van der Waals surface area contributed by atoms with Crippen LogP contribution in [0.2, 0.25) is 0 Å². The third kappa shape index (κ3) is 5.53. The molecule has 0 radical (unpaired) electrons. The number of rotatable bonds is 7. The first-order valence-electron chi connectivity index (χ1n) is 5.52. The smallest absolute Gasteiger partial charge is 0.292 e. The first-order chi connectivity index (χ1) is 8.79. The van der Waals surface area contributed by atoms with E-state index in [-0.39, 0.29) is 11.4 Å².